The summed E-state index contributed by atoms with van der Waals surface area (Å²) in [6, 6.07) is 8.62. The van der Waals surface area contributed by atoms with Crippen LogP contribution in [0.25, 0.3) is 5.57 Å². The van der Waals surface area contributed by atoms with Crippen LogP contribution in [-0.2, 0) is 0 Å². The Labute approximate surface area is 180 Å². The molecule has 0 bridgehead atoms. The maximum Gasteiger partial charge on any atom is -0.0219 e. The topological polar surface area (TPSA) is 0 Å². The third-order valence-corrected chi connectivity index (χ3v) is 3.44. The van der Waals surface area contributed by atoms with Gasteiger partial charge in [-0.15, -0.1) is 6.58 Å². The average Bonchev–Trinajstić information content (AvgIpc) is 2.72. The SMILES string of the molecule is C/C=C(\C)C(C)C.C=C(C)c1ccc(C(C)C)cc1.C=CC.CC.CC.CC. The summed E-state index contributed by atoms with van der Waals surface area (Å²) < 4.78 is 0. The van der Waals surface area contributed by atoms with Crippen LogP contribution in [0.3, 0.4) is 0 Å². The predicted molar refractivity (Wildman–Crippen MR) is 139 cm³/mol. The van der Waals surface area contributed by atoms with Gasteiger partial charge in [0.15, 0.2) is 0 Å². The molecule has 0 spiro atoms. The molecule has 0 aliphatic carbocycles. The van der Waals surface area contributed by atoms with E-state index in [-0.39, 0.29) is 0 Å². The van der Waals surface area contributed by atoms with Gasteiger partial charge in [0, 0.05) is 0 Å². The van der Waals surface area contributed by atoms with E-state index in [0.717, 1.165) is 11.5 Å². The van der Waals surface area contributed by atoms with E-state index in [1.165, 1.54) is 16.7 Å². The number of hydrogen-bond donors (Lipinski definition) is 0. The highest BCUT2D eigenvalue weighted by atomic mass is 14.0. The Balaban J connectivity index is -0.0000000944. The smallest absolute Gasteiger partial charge is 0.0219 e. The van der Waals surface area contributed by atoms with Crippen LogP contribution >= 0.6 is 0 Å². The lowest BCUT2D eigenvalue weighted by molar-refractivity contribution is 0.767. The van der Waals surface area contributed by atoms with Crippen molar-refractivity contribution in [2.75, 3.05) is 0 Å². The molecule has 1 aromatic rings. The minimum Gasteiger partial charge on any atom is -0.103 e. The first-order chi connectivity index (χ1) is 13.2. The lowest BCUT2D eigenvalue weighted by atomic mass is 10.00. The van der Waals surface area contributed by atoms with Crippen LogP contribution < -0.4 is 0 Å². The Bertz CT molecular complexity index is 441. The minimum atomic E-state index is 0.615. The molecule has 0 saturated carbocycles. The molecule has 1 rings (SSSR count). The van der Waals surface area contributed by atoms with E-state index < -0.39 is 0 Å². The fourth-order valence-corrected chi connectivity index (χ4v) is 1.49. The molecule has 0 nitrogen and oxygen atoms in total. The summed E-state index contributed by atoms with van der Waals surface area (Å²) in [5.41, 5.74) is 5.23. The average molecular weight is 391 g/mol. The van der Waals surface area contributed by atoms with Crippen LogP contribution in [0.15, 0.2) is 55.1 Å². The first-order valence-corrected chi connectivity index (χ1v) is 11.2. The van der Waals surface area contributed by atoms with Gasteiger partial charge in [0.2, 0.25) is 0 Å². The van der Waals surface area contributed by atoms with Gasteiger partial charge in [-0.05, 0) is 50.7 Å². The molecule has 0 radical (unpaired) electrons. The quantitative estimate of drug-likeness (QED) is 0.450. The van der Waals surface area contributed by atoms with Gasteiger partial charge in [-0.25, -0.2) is 0 Å². The molecular weight excluding hydrogens is 336 g/mol. The highest BCUT2D eigenvalue weighted by molar-refractivity contribution is 5.61. The summed E-state index contributed by atoms with van der Waals surface area (Å²) >= 11 is 0. The van der Waals surface area contributed by atoms with Crippen LogP contribution in [0.4, 0.5) is 0 Å². The molecule has 0 saturated heterocycles. The number of allylic oxidation sites excluding steroid dienone is 4. The van der Waals surface area contributed by atoms with Crippen molar-refractivity contribution in [2.45, 2.75) is 103 Å². The lowest BCUT2D eigenvalue weighted by Crippen LogP contribution is -1.86. The van der Waals surface area contributed by atoms with Crippen LogP contribution in [0, 0.1) is 5.92 Å². The van der Waals surface area contributed by atoms with Crippen molar-refractivity contribution in [3.63, 3.8) is 0 Å². The van der Waals surface area contributed by atoms with Crippen molar-refractivity contribution >= 4 is 5.57 Å². The van der Waals surface area contributed by atoms with Gasteiger partial charge in [0.1, 0.15) is 0 Å². The van der Waals surface area contributed by atoms with Crippen molar-refractivity contribution in [1.29, 1.82) is 0 Å². The summed E-state index contributed by atoms with van der Waals surface area (Å²) in [6.45, 7) is 36.2. The number of hydrogen-bond acceptors (Lipinski definition) is 0. The zero-order chi connectivity index (χ0) is 23.7. The van der Waals surface area contributed by atoms with Crippen molar-refractivity contribution in [3.8, 4) is 0 Å². The second-order valence-corrected chi connectivity index (χ2v) is 6.15. The van der Waals surface area contributed by atoms with Crippen molar-refractivity contribution < 1.29 is 0 Å². The molecule has 0 aliphatic rings. The molecular formula is C28H54. The number of benzene rings is 1. The van der Waals surface area contributed by atoms with E-state index in [0.29, 0.717) is 5.92 Å². The zero-order valence-electron chi connectivity index (χ0n) is 22.0. The third kappa shape index (κ3) is 26.7. The van der Waals surface area contributed by atoms with E-state index in [1.54, 1.807) is 6.08 Å². The van der Waals surface area contributed by atoms with Crippen LogP contribution in [-0.4, -0.2) is 0 Å². The Hall–Kier alpha value is -1.56. The van der Waals surface area contributed by atoms with E-state index in [2.05, 4.69) is 85.0 Å². The van der Waals surface area contributed by atoms with Crippen LogP contribution in [0.1, 0.15) is 114 Å². The summed E-state index contributed by atoms with van der Waals surface area (Å²) in [6.07, 6.45) is 3.91. The van der Waals surface area contributed by atoms with Crippen molar-refractivity contribution in [3.05, 3.63) is 66.3 Å². The Morgan fingerprint density at radius 1 is 0.786 bits per heavy atom. The highest BCUT2D eigenvalue weighted by Gasteiger charge is 1.98. The standard InChI is InChI=1S/C12H16.C7H14.C3H6.3C2H6/c1-9(2)11-5-7-12(8-6-11)10(3)4;1-5-7(4)6(2)3;1-3-2;3*1-2/h5-8,10H,1H2,2-4H3;5-6H,1-4H3;3H,1H2,2H3;3*1-2H3/b;7-5+;;;;. The highest BCUT2D eigenvalue weighted by Crippen LogP contribution is 2.17. The molecule has 0 aliphatic heterocycles. The van der Waals surface area contributed by atoms with E-state index in [4.69, 9.17) is 0 Å². The van der Waals surface area contributed by atoms with Crippen molar-refractivity contribution in [2.24, 2.45) is 5.92 Å². The molecule has 0 amide bonds. The molecule has 1 aromatic carbocycles. The maximum atomic E-state index is 3.90. The van der Waals surface area contributed by atoms with Gasteiger partial charge in [0.25, 0.3) is 0 Å². The Morgan fingerprint density at radius 3 is 1.25 bits per heavy atom. The van der Waals surface area contributed by atoms with E-state index >= 15 is 0 Å². The summed E-state index contributed by atoms with van der Waals surface area (Å²) in [5, 5.41) is 0. The normalized spacial score (nSPS) is 8.79. The molecule has 28 heavy (non-hydrogen) atoms. The molecule has 0 atom stereocenters. The van der Waals surface area contributed by atoms with Gasteiger partial charge in [-0.3, -0.25) is 0 Å². The monoisotopic (exact) mass is 390 g/mol. The van der Waals surface area contributed by atoms with Gasteiger partial charge in [0.05, 0.1) is 0 Å². The Morgan fingerprint density at radius 2 is 1.11 bits per heavy atom. The summed E-state index contributed by atoms with van der Waals surface area (Å²) in [4.78, 5) is 0. The molecule has 0 heterocycles. The largest absolute Gasteiger partial charge is 0.103 e. The van der Waals surface area contributed by atoms with E-state index in [1.807, 2.05) is 55.4 Å². The lowest BCUT2D eigenvalue weighted by Gasteiger charge is -2.06. The van der Waals surface area contributed by atoms with Gasteiger partial charge in [-0.1, -0.05) is 123 Å². The van der Waals surface area contributed by atoms with Crippen LogP contribution in [0.5, 0.6) is 0 Å². The second-order valence-electron chi connectivity index (χ2n) is 6.15. The first-order valence-electron chi connectivity index (χ1n) is 11.2. The maximum absolute atomic E-state index is 3.90. The van der Waals surface area contributed by atoms with Gasteiger partial charge >= 0.3 is 0 Å². The van der Waals surface area contributed by atoms with Gasteiger partial charge in [-0.2, -0.15) is 0 Å². The molecule has 0 aromatic heterocycles. The first kappa shape index (κ1) is 37.2. The molecule has 0 fully saturated rings. The van der Waals surface area contributed by atoms with Gasteiger partial charge < -0.3 is 0 Å². The second kappa shape index (κ2) is 30.2. The zero-order valence-corrected chi connectivity index (χ0v) is 22.0. The molecule has 0 unspecified atom stereocenters. The number of rotatable bonds is 3. The molecule has 0 heteroatoms. The predicted octanol–water partition coefficient (Wildman–Crippen LogP) is 10.7. The summed E-state index contributed by atoms with van der Waals surface area (Å²) in [5.74, 6) is 1.34. The van der Waals surface area contributed by atoms with Crippen molar-refractivity contribution in [1.82, 2.24) is 0 Å². The molecule has 166 valence electrons. The fourth-order valence-electron chi connectivity index (χ4n) is 1.49. The summed E-state index contributed by atoms with van der Waals surface area (Å²) in [7, 11) is 0. The fraction of sp³-hybridized carbons (Fsp3) is 0.571. The van der Waals surface area contributed by atoms with E-state index in [9.17, 15) is 0 Å². The Kier molecular flexibility index (Phi) is 40.1. The molecule has 0 N–H and O–H groups in total. The van der Waals surface area contributed by atoms with Crippen LogP contribution in [0.2, 0.25) is 0 Å². The third-order valence-electron chi connectivity index (χ3n) is 3.44. The minimum absolute atomic E-state index is 0.615.